The molecule has 2 atom stereocenters. The van der Waals surface area contributed by atoms with Crippen molar-refractivity contribution in [1.29, 1.82) is 0 Å². The first kappa shape index (κ1) is 12.4. The third-order valence-corrected chi connectivity index (χ3v) is 3.33. The first-order valence-corrected chi connectivity index (χ1v) is 6.64. The summed E-state index contributed by atoms with van der Waals surface area (Å²) in [5.41, 5.74) is 2.72. The van der Waals surface area contributed by atoms with Crippen molar-refractivity contribution in [3.63, 3.8) is 0 Å². The fourth-order valence-corrected chi connectivity index (χ4v) is 2.59. The number of rotatable bonds is 4. The number of benzene rings is 1. The molecule has 1 heterocycles. The molecule has 2 rings (SSSR count). The van der Waals surface area contributed by atoms with Gasteiger partial charge >= 0.3 is 0 Å². The average molecular weight is 230 g/mol. The molecule has 0 saturated carbocycles. The van der Waals surface area contributed by atoms with Crippen molar-refractivity contribution in [1.82, 2.24) is 0 Å². The van der Waals surface area contributed by atoms with Gasteiger partial charge in [-0.25, -0.2) is 0 Å². The summed E-state index contributed by atoms with van der Waals surface area (Å²) in [4.78, 5) is 0. The van der Waals surface area contributed by atoms with Gasteiger partial charge in [-0.15, -0.1) is 0 Å². The molecule has 1 fully saturated rings. The van der Waals surface area contributed by atoms with E-state index in [0.717, 1.165) is 25.7 Å². The van der Waals surface area contributed by atoms with Crippen LogP contribution >= 0.6 is 0 Å². The van der Waals surface area contributed by atoms with Crippen LogP contribution in [0, 0.1) is 0 Å². The lowest BCUT2D eigenvalue weighted by molar-refractivity contribution is -0.0341. The third kappa shape index (κ3) is 3.71. The van der Waals surface area contributed by atoms with Crippen LogP contribution in [0.15, 0.2) is 42.5 Å². The molecule has 2 unspecified atom stereocenters. The average Bonchev–Trinajstić information content (AvgIpc) is 2.30. The second-order valence-corrected chi connectivity index (χ2v) is 5.02. The Labute approximate surface area is 104 Å². The Morgan fingerprint density at radius 2 is 1.88 bits per heavy atom. The van der Waals surface area contributed by atoms with Crippen LogP contribution in [0.2, 0.25) is 0 Å². The quantitative estimate of drug-likeness (QED) is 0.707. The minimum absolute atomic E-state index is 0.329. The first-order chi connectivity index (χ1) is 8.28. The third-order valence-electron chi connectivity index (χ3n) is 3.33. The predicted octanol–water partition coefficient (Wildman–Crippen LogP) is 4.13. The largest absolute Gasteiger partial charge is 0.374 e. The van der Waals surface area contributed by atoms with Crippen LogP contribution in [0.25, 0.3) is 0 Å². The number of hydrogen-bond donors (Lipinski definition) is 0. The second-order valence-electron chi connectivity index (χ2n) is 5.02. The maximum absolute atomic E-state index is 6.14. The van der Waals surface area contributed by atoms with Crippen LogP contribution in [-0.2, 0) is 11.2 Å². The van der Waals surface area contributed by atoms with Gasteiger partial charge in [-0.1, -0.05) is 55.8 Å². The summed E-state index contributed by atoms with van der Waals surface area (Å²) in [5.74, 6) is 0. The summed E-state index contributed by atoms with van der Waals surface area (Å²) in [7, 11) is 0. The Balaban J connectivity index is 1.94. The molecule has 1 aromatic carbocycles. The maximum Gasteiger partial charge on any atom is 0.0656 e. The molecule has 0 radical (unpaired) electrons. The van der Waals surface area contributed by atoms with Gasteiger partial charge in [0.15, 0.2) is 0 Å². The van der Waals surface area contributed by atoms with Crippen molar-refractivity contribution in [3.05, 3.63) is 48.0 Å². The second kappa shape index (κ2) is 6.02. The molecule has 0 N–H and O–H groups in total. The Kier molecular flexibility index (Phi) is 4.38. The smallest absolute Gasteiger partial charge is 0.0656 e. The Hall–Kier alpha value is -1.08. The van der Waals surface area contributed by atoms with Crippen molar-refractivity contribution in [2.75, 3.05) is 0 Å². The summed E-state index contributed by atoms with van der Waals surface area (Å²) < 4.78 is 6.14. The zero-order valence-electron chi connectivity index (χ0n) is 10.7. The van der Waals surface area contributed by atoms with E-state index < -0.39 is 0 Å². The summed E-state index contributed by atoms with van der Waals surface area (Å²) in [6.45, 7) is 6.37. The van der Waals surface area contributed by atoms with E-state index in [1.807, 2.05) is 0 Å². The van der Waals surface area contributed by atoms with Gasteiger partial charge in [-0.3, -0.25) is 0 Å². The van der Waals surface area contributed by atoms with Crippen molar-refractivity contribution in [3.8, 4) is 0 Å². The lowest BCUT2D eigenvalue weighted by Gasteiger charge is -2.31. The van der Waals surface area contributed by atoms with Crippen molar-refractivity contribution in [2.45, 2.75) is 51.2 Å². The molecule has 0 amide bonds. The van der Waals surface area contributed by atoms with Gasteiger partial charge in [0.1, 0.15) is 0 Å². The van der Waals surface area contributed by atoms with Gasteiger partial charge in [-0.05, 0) is 31.2 Å². The van der Waals surface area contributed by atoms with Gasteiger partial charge in [0, 0.05) is 0 Å². The highest BCUT2D eigenvalue weighted by atomic mass is 16.5. The van der Waals surface area contributed by atoms with Crippen LogP contribution in [0.3, 0.4) is 0 Å². The lowest BCUT2D eigenvalue weighted by Crippen LogP contribution is -2.30. The molecular formula is C16H22O. The monoisotopic (exact) mass is 230 g/mol. The highest BCUT2D eigenvalue weighted by Gasteiger charge is 2.23. The van der Waals surface area contributed by atoms with Gasteiger partial charge in [0.05, 0.1) is 12.2 Å². The van der Waals surface area contributed by atoms with Gasteiger partial charge in [0.2, 0.25) is 0 Å². The fourth-order valence-electron chi connectivity index (χ4n) is 2.59. The van der Waals surface area contributed by atoms with Gasteiger partial charge in [-0.2, -0.15) is 0 Å². The van der Waals surface area contributed by atoms with E-state index in [0.29, 0.717) is 12.2 Å². The van der Waals surface area contributed by atoms with E-state index in [-0.39, 0.29) is 0 Å². The first-order valence-electron chi connectivity index (χ1n) is 6.64. The van der Waals surface area contributed by atoms with E-state index in [2.05, 4.69) is 43.8 Å². The molecular weight excluding hydrogens is 208 g/mol. The molecule has 0 spiro atoms. The zero-order valence-corrected chi connectivity index (χ0v) is 10.7. The highest BCUT2D eigenvalue weighted by Crippen LogP contribution is 2.27. The molecule has 17 heavy (non-hydrogen) atoms. The number of hydrogen-bond acceptors (Lipinski definition) is 1. The van der Waals surface area contributed by atoms with Crippen molar-refractivity contribution < 1.29 is 4.74 Å². The summed E-state index contributed by atoms with van der Waals surface area (Å²) in [6.07, 6.45) is 6.17. The zero-order chi connectivity index (χ0) is 12.1. The van der Waals surface area contributed by atoms with E-state index >= 15 is 0 Å². The topological polar surface area (TPSA) is 9.23 Å². The van der Waals surface area contributed by atoms with E-state index in [9.17, 15) is 0 Å². The van der Waals surface area contributed by atoms with Gasteiger partial charge < -0.3 is 4.74 Å². The lowest BCUT2D eigenvalue weighted by atomic mass is 9.93. The van der Waals surface area contributed by atoms with E-state index in [1.165, 1.54) is 17.6 Å². The Morgan fingerprint density at radius 3 is 2.59 bits per heavy atom. The molecule has 0 aromatic heterocycles. The normalized spacial score (nSPS) is 24.9. The number of ether oxygens (including phenoxy) is 1. The molecule has 1 aromatic rings. The minimum atomic E-state index is 0.329. The van der Waals surface area contributed by atoms with Crippen LogP contribution in [0.1, 0.15) is 38.2 Å². The maximum atomic E-state index is 6.14. The van der Waals surface area contributed by atoms with Gasteiger partial charge in [0.25, 0.3) is 0 Å². The molecule has 1 saturated heterocycles. The highest BCUT2D eigenvalue weighted by molar-refractivity contribution is 5.16. The molecule has 1 nitrogen and oxygen atoms in total. The van der Waals surface area contributed by atoms with Crippen LogP contribution in [0.5, 0.6) is 0 Å². The minimum Gasteiger partial charge on any atom is -0.374 e. The molecule has 0 aliphatic carbocycles. The molecule has 1 aliphatic rings. The van der Waals surface area contributed by atoms with Crippen molar-refractivity contribution in [2.24, 2.45) is 0 Å². The summed E-state index contributed by atoms with van der Waals surface area (Å²) in [6, 6.07) is 10.6. The summed E-state index contributed by atoms with van der Waals surface area (Å²) >= 11 is 0. The SMILES string of the molecule is C=C1CC(CCC)OC(Cc2ccccc2)C1. The standard InChI is InChI=1S/C16H22O/c1-3-7-15-10-13(2)11-16(17-15)12-14-8-5-4-6-9-14/h4-6,8-9,15-16H,2-3,7,10-12H2,1H3. The summed E-state index contributed by atoms with van der Waals surface area (Å²) in [5, 5.41) is 0. The van der Waals surface area contributed by atoms with E-state index in [1.54, 1.807) is 0 Å². The fraction of sp³-hybridized carbons (Fsp3) is 0.500. The molecule has 1 heteroatoms. The van der Waals surface area contributed by atoms with Crippen molar-refractivity contribution >= 4 is 0 Å². The molecule has 92 valence electrons. The predicted molar refractivity (Wildman–Crippen MR) is 72.1 cm³/mol. The van der Waals surface area contributed by atoms with Crippen LogP contribution in [-0.4, -0.2) is 12.2 Å². The molecule has 0 bridgehead atoms. The molecule has 1 aliphatic heterocycles. The Bertz CT molecular complexity index is 355. The van der Waals surface area contributed by atoms with Crippen LogP contribution in [0.4, 0.5) is 0 Å². The van der Waals surface area contributed by atoms with E-state index in [4.69, 9.17) is 4.74 Å². The van der Waals surface area contributed by atoms with Crippen LogP contribution < -0.4 is 0 Å². The Morgan fingerprint density at radius 1 is 1.18 bits per heavy atom.